The molecule has 1 saturated carbocycles. The van der Waals surface area contributed by atoms with Crippen molar-refractivity contribution in [1.82, 2.24) is 0 Å². The van der Waals surface area contributed by atoms with E-state index < -0.39 is 17.9 Å². The first kappa shape index (κ1) is 15.0. The molecule has 1 aromatic carbocycles. The van der Waals surface area contributed by atoms with Crippen LogP contribution in [-0.4, -0.2) is 30.1 Å². The molecule has 0 radical (unpaired) electrons. The highest BCUT2D eigenvalue weighted by molar-refractivity contribution is 5.74. The third kappa shape index (κ3) is 4.05. The average Bonchev–Trinajstić information content (AvgIpc) is 2.90. The first-order chi connectivity index (χ1) is 9.63. The SMILES string of the molecule is COC(=O)[C@H](CCc1ccccc1)OC1(O)CCCC1. The number of esters is 1. The number of hydrogen-bond acceptors (Lipinski definition) is 4. The summed E-state index contributed by atoms with van der Waals surface area (Å²) in [7, 11) is 1.35. The second-order valence-corrected chi connectivity index (χ2v) is 5.31. The van der Waals surface area contributed by atoms with Gasteiger partial charge in [0.2, 0.25) is 0 Å². The molecule has 2 rings (SSSR count). The van der Waals surface area contributed by atoms with Crippen molar-refractivity contribution in [3.63, 3.8) is 0 Å². The van der Waals surface area contributed by atoms with Crippen LogP contribution in [0.5, 0.6) is 0 Å². The fourth-order valence-corrected chi connectivity index (χ4v) is 2.61. The van der Waals surface area contributed by atoms with Gasteiger partial charge in [0.05, 0.1) is 7.11 Å². The number of carbonyl (C=O) groups excluding carboxylic acids is 1. The van der Waals surface area contributed by atoms with Crippen molar-refractivity contribution in [3.05, 3.63) is 35.9 Å². The van der Waals surface area contributed by atoms with E-state index in [9.17, 15) is 9.90 Å². The summed E-state index contributed by atoms with van der Waals surface area (Å²) in [6.45, 7) is 0. The molecule has 1 N–H and O–H groups in total. The summed E-state index contributed by atoms with van der Waals surface area (Å²) >= 11 is 0. The molecule has 0 aliphatic heterocycles. The molecule has 1 aromatic rings. The highest BCUT2D eigenvalue weighted by Crippen LogP contribution is 2.32. The third-order valence-corrected chi connectivity index (χ3v) is 3.75. The molecule has 4 nitrogen and oxygen atoms in total. The van der Waals surface area contributed by atoms with E-state index in [1.54, 1.807) is 0 Å². The predicted octanol–water partition coefficient (Wildman–Crippen LogP) is 2.44. The number of benzene rings is 1. The van der Waals surface area contributed by atoms with Crippen molar-refractivity contribution in [2.45, 2.75) is 50.4 Å². The van der Waals surface area contributed by atoms with Crippen LogP contribution in [0, 0.1) is 0 Å². The van der Waals surface area contributed by atoms with E-state index in [-0.39, 0.29) is 0 Å². The van der Waals surface area contributed by atoms with Crippen LogP contribution in [0.25, 0.3) is 0 Å². The quantitative estimate of drug-likeness (QED) is 0.641. The Morgan fingerprint density at radius 1 is 1.30 bits per heavy atom. The third-order valence-electron chi connectivity index (χ3n) is 3.75. The molecule has 0 aromatic heterocycles. The molecule has 0 saturated heterocycles. The van der Waals surface area contributed by atoms with E-state index in [2.05, 4.69) is 0 Å². The summed E-state index contributed by atoms with van der Waals surface area (Å²) in [5.74, 6) is -1.57. The Morgan fingerprint density at radius 2 is 1.95 bits per heavy atom. The summed E-state index contributed by atoms with van der Waals surface area (Å²) in [5.41, 5.74) is 1.14. The van der Waals surface area contributed by atoms with Crippen molar-refractivity contribution < 1.29 is 19.4 Å². The fraction of sp³-hybridized carbons (Fsp3) is 0.562. The van der Waals surface area contributed by atoms with Gasteiger partial charge in [-0.25, -0.2) is 4.79 Å². The Hall–Kier alpha value is -1.39. The van der Waals surface area contributed by atoms with Gasteiger partial charge in [-0.15, -0.1) is 0 Å². The molecule has 0 spiro atoms. The molecule has 1 aliphatic rings. The van der Waals surface area contributed by atoms with Gasteiger partial charge in [-0.05, 0) is 31.2 Å². The van der Waals surface area contributed by atoms with Gasteiger partial charge in [-0.3, -0.25) is 0 Å². The average molecular weight is 278 g/mol. The number of carbonyl (C=O) groups is 1. The fourth-order valence-electron chi connectivity index (χ4n) is 2.61. The van der Waals surface area contributed by atoms with Gasteiger partial charge in [0, 0.05) is 12.8 Å². The van der Waals surface area contributed by atoms with Crippen molar-refractivity contribution in [3.8, 4) is 0 Å². The van der Waals surface area contributed by atoms with Crippen LogP contribution in [0.15, 0.2) is 30.3 Å². The zero-order valence-corrected chi connectivity index (χ0v) is 11.9. The van der Waals surface area contributed by atoms with Gasteiger partial charge in [-0.1, -0.05) is 30.3 Å². The number of methoxy groups -OCH3 is 1. The predicted molar refractivity (Wildman–Crippen MR) is 75.1 cm³/mol. The van der Waals surface area contributed by atoms with E-state index >= 15 is 0 Å². The zero-order valence-electron chi connectivity index (χ0n) is 11.9. The molecule has 0 unspecified atom stereocenters. The lowest BCUT2D eigenvalue weighted by atomic mass is 10.1. The topological polar surface area (TPSA) is 55.8 Å². The number of ether oxygens (including phenoxy) is 2. The number of aliphatic hydroxyl groups is 1. The number of aryl methyl sites for hydroxylation is 1. The van der Waals surface area contributed by atoms with Crippen LogP contribution in [0.2, 0.25) is 0 Å². The molecule has 0 bridgehead atoms. The van der Waals surface area contributed by atoms with E-state index in [0.717, 1.165) is 24.8 Å². The second-order valence-electron chi connectivity index (χ2n) is 5.31. The van der Waals surface area contributed by atoms with Gasteiger partial charge in [0.1, 0.15) is 0 Å². The minimum Gasteiger partial charge on any atom is -0.467 e. The Morgan fingerprint density at radius 3 is 2.55 bits per heavy atom. The molecule has 0 amide bonds. The van der Waals surface area contributed by atoms with Gasteiger partial charge >= 0.3 is 5.97 Å². The lowest BCUT2D eigenvalue weighted by molar-refractivity contribution is -0.231. The van der Waals surface area contributed by atoms with Crippen molar-refractivity contribution >= 4 is 5.97 Å². The molecule has 110 valence electrons. The highest BCUT2D eigenvalue weighted by atomic mass is 16.6. The van der Waals surface area contributed by atoms with Gasteiger partial charge in [-0.2, -0.15) is 0 Å². The summed E-state index contributed by atoms with van der Waals surface area (Å²) in [6, 6.07) is 9.91. The lowest BCUT2D eigenvalue weighted by Gasteiger charge is -2.27. The Kier molecular flexibility index (Phi) is 5.15. The Labute approximate surface area is 119 Å². The second kappa shape index (κ2) is 6.86. The van der Waals surface area contributed by atoms with Crippen LogP contribution in [-0.2, 0) is 20.7 Å². The van der Waals surface area contributed by atoms with Crippen LogP contribution in [0.4, 0.5) is 0 Å². The smallest absolute Gasteiger partial charge is 0.335 e. The maximum Gasteiger partial charge on any atom is 0.335 e. The van der Waals surface area contributed by atoms with E-state index in [4.69, 9.17) is 9.47 Å². The first-order valence-electron chi connectivity index (χ1n) is 7.15. The minimum absolute atomic E-state index is 0.416. The number of rotatable bonds is 6. The van der Waals surface area contributed by atoms with E-state index in [1.165, 1.54) is 7.11 Å². The largest absolute Gasteiger partial charge is 0.467 e. The summed E-state index contributed by atoms with van der Waals surface area (Å²) in [6.07, 6.45) is 3.57. The standard InChI is InChI=1S/C16H22O4/c1-19-15(17)14(20-16(18)11-5-6-12-16)10-9-13-7-3-2-4-8-13/h2-4,7-8,14,18H,5-6,9-12H2,1H3/t14-/m0/s1. The Bertz CT molecular complexity index is 423. The summed E-state index contributed by atoms with van der Waals surface area (Å²) in [5, 5.41) is 10.3. The molecule has 0 heterocycles. The molecule has 1 fully saturated rings. The monoisotopic (exact) mass is 278 g/mol. The van der Waals surface area contributed by atoms with Crippen molar-refractivity contribution in [1.29, 1.82) is 0 Å². The van der Waals surface area contributed by atoms with E-state index in [0.29, 0.717) is 19.3 Å². The normalized spacial score (nSPS) is 18.7. The maximum absolute atomic E-state index is 11.8. The van der Waals surface area contributed by atoms with Crippen LogP contribution < -0.4 is 0 Å². The van der Waals surface area contributed by atoms with Crippen LogP contribution in [0.3, 0.4) is 0 Å². The molecule has 20 heavy (non-hydrogen) atoms. The minimum atomic E-state index is -1.16. The Balaban J connectivity index is 1.95. The van der Waals surface area contributed by atoms with Gasteiger partial charge < -0.3 is 14.6 Å². The molecular formula is C16H22O4. The van der Waals surface area contributed by atoms with Crippen molar-refractivity contribution in [2.24, 2.45) is 0 Å². The molecule has 4 heteroatoms. The molecular weight excluding hydrogens is 256 g/mol. The maximum atomic E-state index is 11.8. The summed E-state index contributed by atoms with van der Waals surface area (Å²) in [4.78, 5) is 11.8. The van der Waals surface area contributed by atoms with Crippen LogP contribution >= 0.6 is 0 Å². The van der Waals surface area contributed by atoms with Gasteiger partial charge in [0.15, 0.2) is 11.9 Å². The number of hydrogen-bond donors (Lipinski definition) is 1. The zero-order chi connectivity index (χ0) is 14.4. The van der Waals surface area contributed by atoms with Crippen molar-refractivity contribution in [2.75, 3.05) is 7.11 Å². The highest BCUT2D eigenvalue weighted by Gasteiger charge is 2.37. The molecule has 1 aliphatic carbocycles. The van der Waals surface area contributed by atoms with Gasteiger partial charge in [0.25, 0.3) is 0 Å². The molecule has 1 atom stereocenters. The summed E-state index contributed by atoms with van der Waals surface area (Å²) < 4.78 is 10.4. The lowest BCUT2D eigenvalue weighted by Crippen LogP contribution is -2.38. The van der Waals surface area contributed by atoms with Crippen LogP contribution in [0.1, 0.15) is 37.7 Å². The first-order valence-corrected chi connectivity index (χ1v) is 7.15. The van der Waals surface area contributed by atoms with E-state index in [1.807, 2.05) is 30.3 Å².